The van der Waals surface area contributed by atoms with Crippen LogP contribution in [-0.2, 0) is 0 Å². The van der Waals surface area contributed by atoms with Crippen molar-refractivity contribution < 1.29 is 9.84 Å². The highest BCUT2D eigenvalue weighted by atomic mass is 16.5. The van der Waals surface area contributed by atoms with Gasteiger partial charge in [0, 0.05) is 6.54 Å². The minimum atomic E-state index is 0.285. The summed E-state index contributed by atoms with van der Waals surface area (Å²) in [5.41, 5.74) is 0. The van der Waals surface area contributed by atoms with Crippen molar-refractivity contribution in [3.8, 4) is 11.5 Å². The number of fused-ring (bicyclic) bond motifs is 1. The maximum Gasteiger partial charge on any atom is 0.120 e. The van der Waals surface area contributed by atoms with E-state index in [0.29, 0.717) is 6.61 Å². The van der Waals surface area contributed by atoms with Gasteiger partial charge in [-0.05, 0) is 48.1 Å². The zero-order valence-electron chi connectivity index (χ0n) is 11.6. The number of phenolic OH excluding ortho intramolecular Hbond substituents is 1. The van der Waals surface area contributed by atoms with Crippen molar-refractivity contribution in [2.75, 3.05) is 26.2 Å². The molecule has 0 radical (unpaired) electrons. The zero-order valence-corrected chi connectivity index (χ0v) is 11.6. The summed E-state index contributed by atoms with van der Waals surface area (Å²) in [4.78, 5) is 2.33. The van der Waals surface area contributed by atoms with E-state index in [-0.39, 0.29) is 5.75 Å². The lowest BCUT2D eigenvalue weighted by atomic mass is 10.1. The summed E-state index contributed by atoms with van der Waals surface area (Å²) in [6, 6.07) is 11.3. The third kappa shape index (κ3) is 3.61. The van der Waals surface area contributed by atoms with Crippen molar-refractivity contribution in [3.05, 3.63) is 36.4 Å². The fourth-order valence-electron chi connectivity index (χ4n) is 2.13. The fourth-order valence-corrected chi connectivity index (χ4v) is 2.13. The first-order valence-electron chi connectivity index (χ1n) is 6.81. The highest BCUT2D eigenvalue weighted by Crippen LogP contribution is 2.24. The smallest absolute Gasteiger partial charge is 0.120 e. The maximum atomic E-state index is 9.49. The van der Waals surface area contributed by atoms with E-state index in [2.05, 4.69) is 18.7 Å². The molecule has 2 aromatic carbocycles. The van der Waals surface area contributed by atoms with Crippen LogP contribution in [0.3, 0.4) is 0 Å². The lowest BCUT2D eigenvalue weighted by Crippen LogP contribution is -2.27. The largest absolute Gasteiger partial charge is 0.508 e. The lowest BCUT2D eigenvalue weighted by molar-refractivity contribution is 0.223. The van der Waals surface area contributed by atoms with E-state index >= 15 is 0 Å². The molecular weight excluding hydrogens is 238 g/mol. The number of ether oxygens (including phenoxy) is 1. The Morgan fingerprint density at radius 1 is 1.00 bits per heavy atom. The van der Waals surface area contributed by atoms with Gasteiger partial charge >= 0.3 is 0 Å². The molecule has 0 aliphatic heterocycles. The van der Waals surface area contributed by atoms with Crippen LogP contribution in [0.4, 0.5) is 0 Å². The third-order valence-corrected chi connectivity index (χ3v) is 3.37. The molecule has 1 N–H and O–H groups in total. The molecule has 0 aliphatic rings. The van der Waals surface area contributed by atoms with Gasteiger partial charge in [0.25, 0.3) is 0 Å². The monoisotopic (exact) mass is 259 g/mol. The van der Waals surface area contributed by atoms with Gasteiger partial charge in [-0.25, -0.2) is 0 Å². The normalized spacial score (nSPS) is 11.1. The summed E-state index contributed by atoms with van der Waals surface area (Å²) in [5.74, 6) is 1.14. The lowest BCUT2D eigenvalue weighted by Gasteiger charge is -2.18. The Labute approximate surface area is 114 Å². The number of benzene rings is 2. The second kappa shape index (κ2) is 6.43. The Kier molecular flexibility index (Phi) is 4.63. The fraction of sp³-hybridized carbons (Fsp3) is 0.375. The molecule has 0 fully saturated rings. The predicted octanol–water partition coefficient (Wildman–Crippen LogP) is 3.27. The van der Waals surface area contributed by atoms with Crippen LogP contribution in [0, 0.1) is 0 Å². The van der Waals surface area contributed by atoms with Crippen LogP contribution >= 0.6 is 0 Å². The van der Waals surface area contributed by atoms with Crippen molar-refractivity contribution in [2.24, 2.45) is 0 Å². The predicted molar refractivity (Wildman–Crippen MR) is 78.9 cm³/mol. The van der Waals surface area contributed by atoms with E-state index in [1.807, 2.05) is 24.3 Å². The summed E-state index contributed by atoms with van der Waals surface area (Å²) in [5, 5.41) is 11.6. The first kappa shape index (κ1) is 13.7. The van der Waals surface area contributed by atoms with Gasteiger partial charge in [0.15, 0.2) is 0 Å². The molecule has 0 bridgehead atoms. The summed E-state index contributed by atoms with van der Waals surface area (Å²) in [6.07, 6.45) is 0. The Balaban J connectivity index is 2.01. The van der Waals surface area contributed by atoms with Crippen molar-refractivity contribution >= 4 is 10.8 Å². The number of aromatic hydroxyl groups is 1. The molecule has 19 heavy (non-hydrogen) atoms. The molecule has 0 aromatic heterocycles. The molecule has 0 saturated carbocycles. The quantitative estimate of drug-likeness (QED) is 0.864. The Morgan fingerprint density at radius 3 is 2.47 bits per heavy atom. The minimum Gasteiger partial charge on any atom is -0.508 e. The van der Waals surface area contributed by atoms with Crippen molar-refractivity contribution in [2.45, 2.75) is 13.8 Å². The van der Waals surface area contributed by atoms with Gasteiger partial charge in [0.2, 0.25) is 0 Å². The number of rotatable bonds is 6. The topological polar surface area (TPSA) is 32.7 Å². The molecule has 3 nitrogen and oxygen atoms in total. The van der Waals surface area contributed by atoms with Gasteiger partial charge in [0.05, 0.1) is 0 Å². The molecule has 102 valence electrons. The van der Waals surface area contributed by atoms with Gasteiger partial charge in [-0.15, -0.1) is 0 Å². The summed E-state index contributed by atoms with van der Waals surface area (Å²) >= 11 is 0. The standard InChI is InChI=1S/C16H21NO2/c1-3-17(4-2)9-10-19-16-8-6-13-5-7-15(18)11-14(13)12-16/h5-8,11-12,18H,3-4,9-10H2,1-2H3. The molecule has 0 spiro atoms. The van der Waals surface area contributed by atoms with E-state index < -0.39 is 0 Å². The van der Waals surface area contributed by atoms with E-state index in [1.54, 1.807) is 12.1 Å². The van der Waals surface area contributed by atoms with Gasteiger partial charge in [-0.2, -0.15) is 0 Å². The SMILES string of the molecule is CCN(CC)CCOc1ccc2ccc(O)cc2c1. The number of nitrogens with zero attached hydrogens (tertiary/aromatic N) is 1. The van der Waals surface area contributed by atoms with E-state index in [1.165, 1.54) is 0 Å². The number of hydrogen-bond acceptors (Lipinski definition) is 3. The van der Waals surface area contributed by atoms with Gasteiger partial charge < -0.3 is 14.7 Å². The van der Waals surface area contributed by atoms with Crippen LogP contribution in [0.5, 0.6) is 11.5 Å². The molecule has 3 heteroatoms. The van der Waals surface area contributed by atoms with Crippen LogP contribution in [0.2, 0.25) is 0 Å². The molecule has 0 unspecified atom stereocenters. The number of phenols is 1. The van der Waals surface area contributed by atoms with Crippen molar-refractivity contribution in [3.63, 3.8) is 0 Å². The zero-order chi connectivity index (χ0) is 13.7. The summed E-state index contributed by atoms with van der Waals surface area (Å²) in [6.45, 7) is 8.03. The van der Waals surface area contributed by atoms with Crippen LogP contribution in [-0.4, -0.2) is 36.2 Å². The molecule has 2 rings (SSSR count). The number of hydrogen-bond donors (Lipinski definition) is 1. The summed E-state index contributed by atoms with van der Waals surface area (Å²) < 4.78 is 5.76. The second-order valence-corrected chi connectivity index (χ2v) is 4.57. The van der Waals surface area contributed by atoms with Gasteiger partial charge in [-0.1, -0.05) is 26.0 Å². The van der Waals surface area contributed by atoms with E-state index in [4.69, 9.17) is 4.74 Å². The maximum absolute atomic E-state index is 9.49. The molecule has 0 atom stereocenters. The molecular formula is C16H21NO2. The van der Waals surface area contributed by atoms with Crippen LogP contribution < -0.4 is 4.74 Å². The molecule has 0 aliphatic carbocycles. The Bertz CT molecular complexity index is 535. The average Bonchev–Trinajstić information content (AvgIpc) is 2.43. The van der Waals surface area contributed by atoms with Crippen molar-refractivity contribution in [1.29, 1.82) is 0 Å². The van der Waals surface area contributed by atoms with E-state index in [0.717, 1.165) is 36.2 Å². The molecule has 2 aromatic rings. The van der Waals surface area contributed by atoms with Crippen LogP contribution in [0.15, 0.2) is 36.4 Å². The minimum absolute atomic E-state index is 0.285. The van der Waals surface area contributed by atoms with Crippen LogP contribution in [0.1, 0.15) is 13.8 Å². The highest BCUT2D eigenvalue weighted by molar-refractivity contribution is 5.85. The van der Waals surface area contributed by atoms with Gasteiger partial charge in [0.1, 0.15) is 18.1 Å². The summed E-state index contributed by atoms with van der Waals surface area (Å²) in [7, 11) is 0. The highest BCUT2D eigenvalue weighted by Gasteiger charge is 2.01. The average molecular weight is 259 g/mol. The first-order chi connectivity index (χ1) is 9.22. The number of likely N-dealkylation sites (N-methyl/N-ethyl adjacent to an activating group) is 1. The Morgan fingerprint density at radius 2 is 1.74 bits per heavy atom. The molecule has 0 saturated heterocycles. The third-order valence-electron chi connectivity index (χ3n) is 3.37. The van der Waals surface area contributed by atoms with Gasteiger partial charge in [-0.3, -0.25) is 0 Å². The Hall–Kier alpha value is -1.74. The molecule has 0 heterocycles. The van der Waals surface area contributed by atoms with Crippen LogP contribution in [0.25, 0.3) is 10.8 Å². The first-order valence-corrected chi connectivity index (χ1v) is 6.81. The van der Waals surface area contributed by atoms with Crippen molar-refractivity contribution in [1.82, 2.24) is 4.90 Å². The van der Waals surface area contributed by atoms with E-state index in [9.17, 15) is 5.11 Å². The second-order valence-electron chi connectivity index (χ2n) is 4.57. The molecule has 0 amide bonds.